The molecule has 2 aromatic rings. The third-order valence-electron chi connectivity index (χ3n) is 2.37. The van der Waals surface area contributed by atoms with Crippen LogP contribution in [0.3, 0.4) is 0 Å². The van der Waals surface area contributed by atoms with Crippen molar-refractivity contribution < 1.29 is 4.79 Å². The SMILES string of the molecule is CC(NC(=O)c1cccc(N)n1)c1ccc(Cl)s1. The molecule has 3 N–H and O–H groups in total. The Morgan fingerprint density at radius 3 is 2.83 bits per heavy atom. The molecule has 6 heteroatoms. The fraction of sp³-hybridized carbons (Fsp3) is 0.167. The largest absolute Gasteiger partial charge is 0.384 e. The Hall–Kier alpha value is -1.59. The Bertz CT molecular complexity index is 570. The molecule has 0 fully saturated rings. The lowest BCUT2D eigenvalue weighted by Gasteiger charge is -2.11. The Morgan fingerprint density at radius 2 is 2.22 bits per heavy atom. The molecule has 1 atom stereocenters. The van der Waals surface area contributed by atoms with Gasteiger partial charge in [0.05, 0.1) is 10.4 Å². The van der Waals surface area contributed by atoms with Gasteiger partial charge in [0, 0.05) is 4.88 Å². The maximum atomic E-state index is 11.9. The summed E-state index contributed by atoms with van der Waals surface area (Å²) in [5, 5.41) is 2.85. The number of nitrogen functional groups attached to an aromatic ring is 1. The molecule has 18 heavy (non-hydrogen) atoms. The Morgan fingerprint density at radius 1 is 1.44 bits per heavy atom. The van der Waals surface area contributed by atoms with E-state index in [1.54, 1.807) is 18.2 Å². The Kier molecular flexibility index (Phi) is 3.84. The van der Waals surface area contributed by atoms with Crippen molar-refractivity contribution in [2.24, 2.45) is 0 Å². The minimum atomic E-state index is -0.251. The number of rotatable bonds is 3. The van der Waals surface area contributed by atoms with Gasteiger partial charge in [-0.25, -0.2) is 4.98 Å². The van der Waals surface area contributed by atoms with Gasteiger partial charge in [0.2, 0.25) is 0 Å². The summed E-state index contributed by atoms with van der Waals surface area (Å²) in [6.45, 7) is 1.90. The average molecular weight is 282 g/mol. The Balaban J connectivity index is 2.08. The van der Waals surface area contributed by atoms with Crippen molar-refractivity contribution >= 4 is 34.7 Å². The molecule has 0 aliphatic rings. The van der Waals surface area contributed by atoms with E-state index in [4.69, 9.17) is 17.3 Å². The predicted molar refractivity (Wildman–Crippen MR) is 73.9 cm³/mol. The highest BCUT2D eigenvalue weighted by molar-refractivity contribution is 7.16. The number of carbonyl (C=O) groups is 1. The van der Waals surface area contributed by atoms with Crippen LogP contribution in [0.15, 0.2) is 30.3 Å². The van der Waals surface area contributed by atoms with Gasteiger partial charge < -0.3 is 11.1 Å². The van der Waals surface area contributed by atoms with Gasteiger partial charge in [-0.05, 0) is 31.2 Å². The number of thiophene rings is 1. The maximum absolute atomic E-state index is 11.9. The molecule has 4 nitrogen and oxygen atoms in total. The van der Waals surface area contributed by atoms with Crippen molar-refractivity contribution in [3.8, 4) is 0 Å². The molecule has 0 radical (unpaired) electrons. The molecule has 0 spiro atoms. The van der Waals surface area contributed by atoms with Crippen LogP contribution in [0.25, 0.3) is 0 Å². The first-order chi connectivity index (χ1) is 8.56. The molecule has 0 aliphatic heterocycles. The van der Waals surface area contributed by atoms with E-state index in [1.165, 1.54) is 11.3 Å². The number of halogens is 1. The van der Waals surface area contributed by atoms with E-state index in [0.29, 0.717) is 15.8 Å². The van der Waals surface area contributed by atoms with Crippen LogP contribution in [0.5, 0.6) is 0 Å². The zero-order chi connectivity index (χ0) is 13.1. The molecule has 0 saturated heterocycles. The fourth-order valence-electron chi connectivity index (χ4n) is 1.48. The third-order valence-corrected chi connectivity index (χ3v) is 3.79. The van der Waals surface area contributed by atoms with E-state index in [0.717, 1.165) is 4.88 Å². The molecule has 2 rings (SSSR count). The number of nitrogens with two attached hydrogens (primary N) is 1. The average Bonchev–Trinajstić information content (AvgIpc) is 2.76. The highest BCUT2D eigenvalue weighted by Crippen LogP contribution is 2.26. The standard InChI is InChI=1S/C12H12ClN3OS/c1-7(9-5-6-10(13)18-9)15-12(17)8-3-2-4-11(14)16-8/h2-7H,1H3,(H2,14,16)(H,15,17). The van der Waals surface area contributed by atoms with Crippen LogP contribution >= 0.6 is 22.9 Å². The van der Waals surface area contributed by atoms with E-state index in [2.05, 4.69) is 10.3 Å². The predicted octanol–water partition coefficient (Wildman–Crippen LogP) is 2.87. The summed E-state index contributed by atoms with van der Waals surface area (Å²) in [7, 11) is 0. The van der Waals surface area contributed by atoms with E-state index >= 15 is 0 Å². The summed E-state index contributed by atoms with van der Waals surface area (Å²) in [4.78, 5) is 16.9. The molecule has 0 bridgehead atoms. The quantitative estimate of drug-likeness (QED) is 0.909. The van der Waals surface area contributed by atoms with Crippen molar-refractivity contribution in [2.75, 3.05) is 5.73 Å². The lowest BCUT2D eigenvalue weighted by atomic mass is 10.2. The van der Waals surface area contributed by atoms with Crippen molar-refractivity contribution in [3.05, 3.63) is 45.2 Å². The summed E-state index contributed by atoms with van der Waals surface area (Å²) >= 11 is 7.30. The highest BCUT2D eigenvalue weighted by Gasteiger charge is 2.14. The van der Waals surface area contributed by atoms with Gasteiger partial charge in [-0.1, -0.05) is 17.7 Å². The van der Waals surface area contributed by atoms with Crippen LogP contribution < -0.4 is 11.1 Å². The van der Waals surface area contributed by atoms with Crippen LogP contribution in [0, 0.1) is 0 Å². The van der Waals surface area contributed by atoms with E-state index < -0.39 is 0 Å². The van der Waals surface area contributed by atoms with Crippen LogP contribution in [-0.4, -0.2) is 10.9 Å². The molecule has 1 amide bonds. The van der Waals surface area contributed by atoms with Crippen LogP contribution in [0.1, 0.15) is 28.3 Å². The van der Waals surface area contributed by atoms with E-state index in [-0.39, 0.29) is 11.9 Å². The molecule has 2 aromatic heterocycles. The van der Waals surface area contributed by atoms with Crippen LogP contribution in [-0.2, 0) is 0 Å². The lowest BCUT2D eigenvalue weighted by Crippen LogP contribution is -2.27. The smallest absolute Gasteiger partial charge is 0.270 e. The Labute approximate surface area is 114 Å². The third kappa shape index (κ3) is 3.00. The summed E-state index contributed by atoms with van der Waals surface area (Å²) in [5.41, 5.74) is 5.84. The van der Waals surface area contributed by atoms with Gasteiger partial charge >= 0.3 is 0 Å². The molecule has 0 aliphatic carbocycles. The second-order valence-electron chi connectivity index (χ2n) is 3.78. The van der Waals surface area contributed by atoms with Crippen LogP contribution in [0.4, 0.5) is 5.82 Å². The zero-order valence-corrected chi connectivity index (χ0v) is 11.3. The lowest BCUT2D eigenvalue weighted by molar-refractivity contribution is 0.0935. The summed E-state index contributed by atoms with van der Waals surface area (Å²) in [6, 6.07) is 8.55. The maximum Gasteiger partial charge on any atom is 0.270 e. The number of hydrogen-bond acceptors (Lipinski definition) is 4. The highest BCUT2D eigenvalue weighted by atomic mass is 35.5. The minimum Gasteiger partial charge on any atom is -0.384 e. The first-order valence-electron chi connectivity index (χ1n) is 5.35. The zero-order valence-electron chi connectivity index (χ0n) is 9.68. The first-order valence-corrected chi connectivity index (χ1v) is 6.54. The number of nitrogens with one attached hydrogen (secondary N) is 1. The number of anilines is 1. The van der Waals surface area contributed by atoms with E-state index in [9.17, 15) is 4.79 Å². The number of pyridine rings is 1. The van der Waals surface area contributed by atoms with Gasteiger partial charge in [0.25, 0.3) is 5.91 Å². The number of hydrogen-bond donors (Lipinski definition) is 2. The number of amides is 1. The van der Waals surface area contributed by atoms with E-state index in [1.807, 2.05) is 19.1 Å². The monoisotopic (exact) mass is 281 g/mol. The minimum absolute atomic E-state index is 0.113. The van der Waals surface area contributed by atoms with Gasteiger partial charge in [0.15, 0.2) is 0 Å². The summed E-state index contributed by atoms with van der Waals surface area (Å²) in [6.07, 6.45) is 0. The van der Waals surface area contributed by atoms with Gasteiger partial charge in [-0.15, -0.1) is 11.3 Å². The normalized spacial score (nSPS) is 12.1. The second-order valence-corrected chi connectivity index (χ2v) is 5.53. The van der Waals surface area contributed by atoms with Crippen molar-refractivity contribution in [2.45, 2.75) is 13.0 Å². The second kappa shape index (κ2) is 5.37. The fourth-order valence-corrected chi connectivity index (χ4v) is 2.54. The topological polar surface area (TPSA) is 68.0 Å². The van der Waals surface area contributed by atoms with Crippen molar-refractivity contribution in [1.29, 1.82) is 0 Å². The molecular weight excluding hydrogens is 270 g/mol. The summed E-state index contributed by atoms with van der Waals surface area (Å²) < 4.78 is 0.702. The van der Waals surface area contributed by atoms with Crippen molar-refractivity contribution in [1.82, 2.24) is 10.3 Å². The molecule has 0 saturated carbocycles. The molecule has 94 valence electrons. The number of carbonyl (C=O) groups excluding carboxylic acids is 1. The number of aromatic nitrogens is 1. The molecule has 0 aromatic carbocycles. The van der Waals surface area contributed by atoms with Gasteiger partial charge in [0.1, 0.15) is 11.5 Å². The molecule has 1 unspecified atom stereocenters. The first kappa shape index (κ1) is 12.9. The molecular formula is C12H12ClN3OS. The van der Waals surface area contributed by atoms with Crippen LogP contribution in [0.2, 0.25) is 4.34 Å². The van der Waals surface area contributed by atoms with Gasteiger partial charge in [-0.3, -0.25) is 4.79 Å². The number of nitrogens with zero attached hydrogens (tertiary/aromatic N) is 1. The van der Waals surface area contributed by atoms with Gasteiger partial charge in [-0.2, -0.15) is 0 Å². The summed E-state index contributed by atoms with van der Waals surface area (Å²) in [5.74, 6) is 0.0776. The van der Waals surface area contributed by atoms with Crippen molar-refractivity contribution in [3.63, 3.8) is 0 Å². The molecule has 2 heterocycles.